The van der Waals surface area contributed by atoms with Crippen molar-refractivity contribution in [1.29, 1.82) is 0 Å². The molecule has 1 aliphatic heterocycles. The quantitative estimate of drug-likeness (QED) is 0.503. The summed E-state index contributed by atoms with van der Waals surface area (Å²) in [7, 11) is 0. The van der Waals surface area contributed by atoms with E-state index in [0.29, 0.717) is 18.8 Å². The number of piperidine rings is 1. The number of allylic oxidation sites excluding steroid dienone is 2. The third-order valence-corrected chi connectivity index (χ3v) is 3.52. The molecule has 0 radical (unpaired) electrons. The minimum absolute atomic E-state index is 0.0230. The van der Waals surface area contributed by atoms with E-state index in [-0.39, 0.29) is 16.9 Å². The fourth-order valence-electron chi connectivity index (χ4n) is 2.64. The van der Waals surface area contributed by atoms with Crippen molar-refractivity contribution in [3.8, 4) is 0 Å². The highest BCUT2D eigenvalue weighted by atomic mass is 16.3. The summed E-state index contributed by atoms with van der Waals surface area (Å²) in [4.78, 5) is 36.9. The predicted octanol–water partition coefficient (Wildman–Crippen LogP) is 1.15. The number of Topliss-reactive ketones (excluding diaryl/α,β-unsaturated/α-hetero) is 1. The van der Waals surface area contributed by atoms with Gasteiger partial charge in [-0.05, 0) is 33.1 Å². The highest BCUT2D eigenvalue weighted by molar-refractivity contribution is 6.22. The Morgan fingerprint density at radius 3 is 2.11 bits per heavy atom. The van der Waals surface area contributed by atoms with Crippen LogP contribution < -0.4 is 15.8 Å². The zero-order valence-electron chi connectivity index (χ0n) is 11.2. The third-order valence-electron chi connectivity index (χ3n) is 3.52. The summed E-state index contributed by atoms with van der Waals surface area (Å²) >= 11 is 0. The van der Waals surface area contributed by atoms with Gasteiger partial charge in [-0.15, -0.1) is 0 Å². The summed E-state index contributed by atoms with van der Waals surface area (Å²) in [5.41, 5.74) is -0.830. The first kappa shape index (κ1) is 13.5. The molecular formula is C14H17NO4. The number of hydrogen-bond acceptors (Lipinski definition) is 5. The van der Waals surface area contributed by atoms with Gasteiger partial charge >= 0.3 is 0 Å². The van der Waals surface area contributed by atoms with Crippen LogP contribution in [0.1, 0.15) is 38.7 Å². The maximum Gasteiger partial charge on any atom is 0.250 e. The first-order chi connectivity index (χ1) is 8.95. The van der Waals surface area contributed by atoms with Crippen molar-refractivity contribution in [3.05, 3.63) is 31.8 Å². The maximum absolute atomic E-state index is 11.8. The molecule has 0 aliphatic carbocycles. The first-order valence-electron chi connectivity index (χ1n) is 6.44. The summed E-state index contributed by atoms with van der Waals surface area (Å²) in [6.07, 6.45) is 3.04. The number of rotatable bonds is 3. The number of aliphatic hydroxyl groups excluding tert-OH is 1. The van der Waals surface area contributed by atoms with Crippen molar-refractivity contribution in [2.24, 2.45) is 0 Å². The molecule has 102 valence electrons. The van der Waals surface area contributed by atoms with Gasteiger partial charge in [0.15, 0.2) is 5.78 Å². The average molecular weight is 263 g/mol. The van der Waals surface area contributed by atoms with Crippen LogP contribution in [0.3, 0.4) is 0 Å². The second-order valence-corrected chi connectivity index (χ2v) is 4.95. The Kier molecular flexibility index (Phi) is 3.55. The number of carbonyl (C=O) groups is 1. The normalized spacial score (nSPS) is 17.5. The van der Waals surface area contributed by atoms with Crippen LogP contribution in [0.15, 0.2) is 15.3 Å². The lowest BCUT2D eigenvalue weighted by Crippen LogP contribution is -2.46. The van der Waals surface area contributed by atoms with Crippen molar-refractivity contribution in [3.63, 3.8) is 0 Å². The number of ketones is 1. The standard InChI is InChI=1S/C14H17NO4/c1-8(16)10(9(2)17)11-12(14(19)13(11)18)15-6-4-3-5-7-15/h16H,3-7H2,1-2H3/b10-8+. The maximum atomic E-state index is 11.8. The molecule has 0 unspecified atom stereocenters. The van der Waals surface area contributed by atoms with Gasteiger partial charge in [0, 0.05) is 13.1 Å². The minimum atomic E-state index is -0.667. The molecule has 1 aromatic rings. The van der Waals surface area contributed by atoms with E-state index >= 15 is 0 Å². The van der Waals surface area contributed by atoms with Gasteiger partial charge in [-0.1, -0.05) is 0 Å². The topological polar surface area (TPSA) is 74.7 Å². The highest BCUT2D eigenvalue weighted by Gasteiger charge is 2.31. The van der Waals surface area contributed by atoms with Gasteiger partial charge in [0.2, 0.25) is 10.9 Å². The molecule has 1 N–H and O–H groups in total. The van der Waals surface area contributed by atoms with Crippen molar-refractivity contribution in [2.45, 2.75) is 33.1 Å². The number of carbonyl (C=O) groups excluding carboxylic acids is 1. The second-order valence-electron chi connectivity index (χ2n) is 4.95. The molecule has 5 nitrogen and oxygen atoms in total. The Morgan fingerprint density at radius 1 is 1.05 bits per heavy atom. The van der Waals surface area contributed by atoms with Crippen LogP contribution in [0.5, 0.6) is 0 Å². The van der Waals surface area contributed by atoms with E-state index in [0.717, 1.165) is 19.3 Å². The van der Waals surface area contributed by atoms with E-state index in [1.165, 1.54) is 13.8 Å². The zero-order valence-corrected chi connectivity index (χ0v) is 11.2. The second kappa shape index (κ2) is 4.99. The monoisotopic (exact) mass is 263 g/mol. The molecule has 2 rings (SSSR count). The molecule has 1 saturated heterocycles. The Labute approximate surface area is 110 Å². The van der Waals surface area contributed by atoms with Crippen molar-refractivity contribution in [1.82, 2.24) is 0 Å². The van der Waals surface area contributed by atoms with Crippen LogP contribution in [0.25, 0.3) is 5.57 Å². The largest absolute Gasteiger partial charge is 0.512 e. The van der Waals surface area contributed by atoms with Crippen LogP contribution in [0.4, 0.5) is 5.69 Å². The summed E-state index contributed by atoms with van der Waals surface area (Å²) in [6, 6.07) is 0. The van der Waals surface area contributed by atoms with E-state index in [2.05, 4.69) is 0 Å². The predicted molar refractivity (Wildman–Crippen MR) is 73.3 cm³/mol. The van der Waals surface area contributed by atoms with Gasteiger partial charge in [0.25, 0.3) is 0 Å². The lowest BCUT2D eigenvalue weighted by molar-refractivity contribution is -0.111. The van der Waals surface area contributed by atoms with Gasteiger partial charge in [-0.3, -0.25) is 14.4 Å². The fraction of sp³-hybridized carbons (Fsp3) is 0.500. The summed E-state index contributed by atoms with van der Waals surface area (Å²) in [5.74, 6) is -0.608. The molecule has 0 spiro atoms. The smallest absolute Gasteiger partial charge is 0.250 e. The zero-order chi connectivity index (χ0) is 14.2. The van der Waals surface area contributed by atoms with Gasteiger partial charge in [0.05, 0.1) is 11.1 Å². The van der Waals surface area contributed by atoms with E-state index in [1.54, 1.807) is 0 Å². The van der Waals surface area contributed by atoms with E-state index in [1.807, 2.05) is 4.90 Å². The molecule has 1 fully saturated rings. The highest BCUT2D eigenvalue weighted by Crippen LogP contribution is 2.27. The van der Waals surface area contributed by atoms with E-state index in [4.69, 9.17) is 0 Å². The number of hydrogen-bond donors (Lipinski definition) is 1. The van der Waals surface area contributed by atoms with Crippen LogP contribution in [0.2, 0.25) is 0 Å². The first-order valence-corrected chi connectivity index (χ1v) is 6.44. The van der Waals surface area contributed by atoms with Gasteiger partial charge < -0.3 is 10.0 Å². The molecule has 19 heavy (non-hydrogen) atoms. The number of nitrogens with zero attached hydrogens (tertiary/aromatic N) is 1. The molecule has 0 amide bonds. The van der Waals surface area contributed by atoms with Gasteiger partial charge in [-0.25, -0.2) is 0 Å². The molecule has 0 atom stereocenters. The van der Waals surface area contributed by atoms with Crippen LogP contribution in [-0.2, 0) is 4.79 Å². The van der Waals surface area contributed by atoms with Crippen molar-refractivity contribution >= 4 is 17.0 Å². The molecule has 5 heteroatoms. The van der Waals surface area contributed by atoms with Crippen molar-refractivity contribution < 1.29 is 9.90 Å². The molecule has 1 heterocycles. The molecule has 0 aromatic heterocycles. The Hall–Kier alpha value is -1.91. The average Bonchev–Trinajstić information content (AvgIpc) is 2.38. The van der Waals surface area contributed by atoms with Crippen LogP contribution in [0, 0.1) is 0 Å². The Balaban J connectivity index is 2.51. The Bertz CT molecular complexity index is 610. The lowest BCUT2D eigenvalue weighted by Gasteiger charge is -2.31. The summed E-state index contributed by atoms with van der Waals surface area (Å²) < 4.78 is 0. The fourth-order valence-corrected chi connectivity index (χ4v) is 2.64. The van der Waals surface area contributed by atoms with Crippen molar-refractivity contribution in [2.75, 3.05) is 18.0 Å². The lowest BCUT2D eigenvalue weighted by atomic mass is 9.93. The number of anilines is 1. The van der Waals surface area contributed by atoms with Crippen LogP contribution >= 0.6 is 0 Å². The van der Waals surface area contributed by atoms with Gasteiger partial charge in [-0.2, -0.15) is 0 Å². The van der Waals surface area contributed by atoms with E-state index in [9.17, 15) is 19.5 Å². The van der Waals surface area contributed by atoms with Gasteiger partial charge in [0.1, 0.15) is 11.4 Å². The molecule has 1 aromatic carbocycles. The third kappa shape index (κ3) is 2.20. The molecule has 0 saturated carbocycles. The number of aliphatic hydroxyl groups is 1. The molecule has 1 aliphatic rings. The van der Waals surface area contributed by atoms with E-state index < -0.39 is 16.6 Å². The minimum Gasteiger partial charge on any atom is -0.512 e. The Morgan fingerprint density at radius 2 is 1.63 bits per heavy atom. The molecule has 0 bridgehead atoms. The summed E-state index contributed by atoms with van der Waals surface area (Å²) in [6.45, 7) is 4.07. The molecular weight excluding hydrogens is 246 g/mol. The summed E-state index contributed by atoms with van der Waals surface area (Å²) in [5, 5.41) is 9.58. The SMILES string of the molecule is CC(=O)/C(=C(/C)O)c1c(N2CCCCC2)c(=O)c1=O. The van der Waals surface area contributed by atoms with Crippen LogP contribution in [-0.4, -0.2) is 24.0 Å².